The van der Waals surface area contributed by atoms with Crippen molar-refractivity contribution in [3.05, 3.63) is 59.5 Å². The second-order valence-corrected chi connectivity index (χ2v) is 5.83. The highest BCUT2D eigenvalue weighted by Gasteiger charge is 2.09. The van der Waals surface area contributed by atoms with Crippen LogP contribution in [0.3, 0.4) is 0 Å². The largest absolute Gasteiger partial charge is 0.229 e. The van der Waals surface area contributed by atoms with E-state index >= 15 is 0 Å². The normalized spacial score (nSPS) is 10.9. The molecule has 2 nitrogen and oxygen atoms in total. The number of nitrogens with zero attached hydrogens (tertiary/aromatic N) is 2. The Morgan fingerprint density at radius 2 is 1.85 bits per heavy atom. The van der Waals surface area contributed by atoms with Gasteiger partial charge in [-0.3, -0.25) is 0 Å². The topological polar surface area (TPSA) is 25.8 Å². The summed E-state index contributed by atoms with van der Waals surface area (Å²) < 4.78 is 0. The molecule has 1 heterocycles. The van der Waals surface area contributed by atoms with Crippen molar-refractivity contribution >= 4 is 34.1 Å². The van der Waals surface area contributed by atoms with Crippen LogP contribution in [0.4, 0.5) is 0 Å². The Labute approximate surface area is 127 Å². The van der Waals surface area contributed by atoms with Crippen molar-refractivity contribution in [1.82, 2.24) is 9.97 Å². The molecule has 0 saturated carbocycles. The van der Waals surface area contributed by atoms with Crippen molar-refractivity contribution in [2.24, 2.45) is 0 Å². The highest BCUT2D eigenvalue weighted by Crippen LogP contribution is 2.32. The molecule has 0 amide bonds. The first kappa shape index (κ1) is 13.4. The molecule has 0 spiro atoms. The molecule has 4 heteroatoms. The molecule has 0 unspecified atom stereocenters. The summed E-state index contributed by atoms with van der Waals surface area (Å²) in [6.07, 6.45) is 2.35. The average Bonchev–Trinajstić information content (AvgIpc) is 2.47. The Bertz CT molecular complexity index is 758. The van der Waals surface area contributed by atoms with Gasteiger partial charge >= 0.3 is 0 Å². The molecule has 0 N–H and O–H groups in total. The summed E-state index contributed by atoms with van der Waals surface area (Å²) in [6, 6.07) is 14.8. The van der Waals surface area contributed by atoms with Gasteiger partial charge in [0, 0.05) is 10.5 Å². The molecule has 20 heavy (non-hydrogen) atoms. The van der Waals surface area contributed by atoms with E-state index in [-0.39, 0.29) is 0 Å². The number of hydrogen-bond donors (Lipinski definition) is 0. The maximum atomic E-state index is 6.13. The highest BCUT2D eigenvalue weighted by atomic mass is 35.5. The van der Waals surface area contributed by atoms with Crippen LogP contribution in [0.2, 0.25) is 5.15 Å². The Kier molecular flexibility index (Phi) is 3.90. The third-order valence-electron chi connectivity index (χ3n) is 3.14. The first-order chi connectivity index (χ1) is 9.78. The van der Waals surface area contributed by atoms with Crippen LogP contribution >= 0.6 is 23.4 Å². The lowest BCUT2D eigenvalue weighted by molar-refractivity contribution is 0.944. The molecule has 0 aliphatic heterocycles. The fraction of sp³-hybridized carbons (Fsp3) is 0.125. The Balaban J connectivity index is 1.99. The van der Waals surface area contributed by atoms with Crippen LogP contribution in [0.5, 0.6) is 0 Å². The zero-order valence-corrected chi connectivity index (χ0v) is 12.6. The van der Waals surface area contributed by atoms with Gasteiger partial charge in [-0.2, -0.15) is 0 Å². The van der Waals surface area contributed by atoms with Gasteiger partial charge in [-0.25, -0.2) is 9.97 Å². The predicted molar refractivity (Wildman–Crippen MR) is 84.5 cm³/mol. The molecule has 3 aromatic rings. The minimum absolute atomic E-state index is 0.547. The van der Waals surface area contributed by atoms with Crippen molar-refractivity contribution in [3.8, 4) is 0 Å². The minimum Gasteiger partial charge on any atom is -0.229 e. The molecule has 0 atom stereocenters. The van der Waals surface area contributed by atoms with Crippen molar-refractivity contribution < 1.29 is 0 Å². The van der Waals surface area contributed by atoms with Gasteiger partial charge < -0.3 is 0 Å². The number of aromatic nitrogens is 2. The lowest BCUT2D eigenvalue weighted by Gasteiger charge is -2.08. The summed E-state index contributed by atoms with van der Waals surface area (Å²) in [6.45, 7) is 2.06. The van der Waals surface area contributed by atoms with Gasteiger partial charge in [0.1, 0.15) is 16.5 Å². The highest BCUT2D eigenvalue weighted by molar-refractivity contribution is 7.99. The Hall–Kier alpha value is -1.58. The van der Waals surface area contributed by atoms with Crippen LogP contribution in [-0.4, -0.2) is 9.97 Å². The van der Waals surface area contributed by atoms with Gasteiger partial charge in [0.05, 0.1) is 0 Å². The fourth-order valence-corrected chi connectivity index (χ4v) is 3.44. The molecule has 1 aromatic heterocycles. The van der Waals surface area contributed by atoms with Crippen LogP contribution in [-0.2, 0) is 6.42 Å². The minimum atomic E-state index is 0.547. The summed E-state index contributed by atoms with van der Waals surface area (Å²) in [5, 5.41) is 3.96. The maximum absolute atomic E-state index is 6.13. The van der Waals surface area contributed by atoms with Crippen LogP contribution in [0.15, 0.2) is 58.7 Å². The van der Waals surface area contributed by atoms with E-state index in [1.165, 1.54) is 17.1 Å². The third kappa shape index (κ3) is 2.65. The van der Waals surface area contributed by atoms with Gasteiger partial charge in [-0.1, -0.05) is 60.6 Å². The van der Waals surface area contributed by atoms with Crippen LogP contribution in [0, 0.1) is 0 Å². The number of fused-ring (bicyclic) bond motifs is 1. The molecule has 0 aliphatic carbocycles. The Morgan fingerprint density at radius 1 is 1.05 bits per heavy atom. The summed E-state index contributed by atoms with van der Waals surface area (Å²) in [7, 11) is 0. The lowest BCUT2D eigenvalue weighted by Crippen LogP contribution is -1.93. The number of hydrogen-bond acceptors (Lipinski definition) is 3. The first-order valence-corrected chi connectivity index (χ1v) is 7.63. The summed E-state index contributed by atoms with van der Waals surface area (Å²) in [5.41, 5.74) is 1.01. The number of benzene rings is 2. The van der Waals surface area contributed by atoms with Crippen LogP contribution in [0.25, 0.3) is 10.8 Å². The van der Waals surface area contributed by atoms with Gasteiger partial charge in [0.2, 0.25) is 0 Å². The van der Waals surface area contributed by atoms with E-state index in [1.54, 1.807) is 11.8 Å². The van der Waals surface area contributed by atoms with Gasteiger partial charge in [-0.05, 0) is 29.3 Å². The van der Waals surface area contributed by atoms with Gasteiger partial charge in [0.15, 0.2) is 0 Å². The SMILES string of the molecule is CCc1c(Cl)ncnc1Sc1ccc2ccccc2c1. The van der Waals surface area contributed by atoms with Crippen molar-refractivity contribution in [1.29, 1.82) is 0 Å². The number of halogens is 1. The summed E-state index contributed by atoms with van der Waals surface area (Å²) in [4.78, 5) is 9.56. The maximum Gasteiger partial charge on any atom is 0.136 e. The van der Waals surface area contributed by atoms with E-state index in [0.29, 0.717) is 5.15 Å². The van der Waals surface area contributed by atoms with Crippen LogP contribution < -0.4 is 0 Å². The molecular formula is C16H13ClN2S. The van der Waals surface area contributed by atoms with E-state index in [0.717, 1.165) is 21.9 Å². The monoisotopic (exact) mass is 300 g/mol. The third-order valence-corrected chi connectivity index (χ3v) is 4.50. The van der Waals surface area contributed by atoms with E-state index in [1.807, 2.05) is 0 Å². The molecule has 0 saturated heterocycles. The van der Waals surface area contributed by atoms with E-state index in [2.05, 4.69) is 59.4 Å². The molecule has 0 fully saturated rings. The fourth-order valence-electron chi connectivity index (χ4n) is 2.10. The first-order valence-electron chi connectivity index (χ1n) is 6.44. The number of rotatable bonds is 3. The summed E-state index contributed by atoms with van der Waals surface area (Å²) in [5.74, 6) is 0. The average molecular weight is 301 g/mol. The smallest absolute Gasteiger partial charge is 0.136 e. The zero-order valence-electron chi connectivity index (χ0n) is 11.0. The molecule has 2 aromatic carbocycles. The molecule has 0 aliphatic rings. The lowest BCUT2D eigenvalue weighted by atomic mass is 10.1. The summed E-state index contributed by atoms with van der Waals surface area (Å²) >= 11 is 7.76. The zero-order chi connectivity index (χ0) is 13.9. The second kappa shape index (κ2) is 5.81. The standard InChI is InChI=1S/C16H13ClN2S/c1-2-14-15(17)18-10-19-16(14)20-13-8-7-11-5-3-4-6-12(11)9-13/h3-10H,2H2,1H3. The van der Waals surface area contributed by atoms with Gasteiger partial charge in [-0.15, -0.1) is 0 Å². The molecular weight excluding hydrogens is 288 g/mol. The van der Waals surface area contributed by atoms with E-state index < -0.39 is 0 Å². The van der Waals surface area contributed by atoms with E-state index in [9.17, 15) is 0 Å². The van der Waals surface area contributed by atoms with Crippen LogP contribution in [0.1, 0.15) is 12.5 Å². The molecule has 3 rings (SSSR count). The molecule has 100 valence electrons. The predicted octanol–water partition coefficient (Wildman–Crippen LogP) is 5.00. The van der Waals surface area contributed by atoms with Crippen molar-refractivity contribution in [3.63, 3.8) is 0 Å². The van der Waals surface area contributed by atoms with Gasteiger partial charge in [0.25, 0.3) is 0 Å². The Morgan fingerprint density at radius 3 is 2.65 bits per heavy atom. The van der Waals surface area contributed by atoms with Crippen molar-refractivity contribution in [2.75, 3.05) is 0 Å². The molecule has 0 radical (unpaired) electrons. The quantitative estimate of drug-likeness (QED) is 0.637. The second-order valence-electron chi connectivity index (χ2n) is 4.41. The molecule has 0 bridgehead atoms. The van der Waals surface area contributed by atoms with Crippen molar-refractivity contribution in [2.45, 2.75) is 23.3 Å². The van der Waals surface area contributed by atoms with E-state index in [4.69, 9.17) is 11.6 Å².